The van der Waals surface area contributed by atoms with E-state index in [0.717, 1.165) is 54.4 Å². The molecule has 694 valence electrons. The number of hydrogen-bond donors (Lipinski definition) is 1. The summed E-state index contributed by atoms with van der Waals surface area (Å²) < 4.78 is 2.21. The first-order valence-corrected chi connectivity index (χ1v) is 51.2. The normalized spacial score (nSPS) is 15.0. The van der Waals surface area contributed by atoms with Crippen LogP contribution in [-0.4, -0.2) is 0 Å². The summed E-state index contributed by atoms with van der Waals surface area (Å²) in [5.41, 5.74) is 43.2. The van der Waals surface area contributed by atoms with E-state index in [2.05, 4.69) is 560 Å². The summed E-state index contributed by atoms with van der Waals surface area (Å²) in [6, 6.07) is 138. The second-order valence-electron chi connectivity index (χ2n) is 45.5. The van der Waals surface area contributed by atoms with Crippen LogP contribution < -0.4 is 15.1 Å². The molecule has 0 saturated carbocycles. The Hall–Kier alpha value is -13.4. The molecule has 0 bridgehead atoms. The van der Waals surface area contributed by atoms with E-state index in [-0.39, 0.29) is 57.2 Å². The summed E-state index contributed by atoms with van der Waals surface area (Å²) in [6.45, 7) is 41.0. The monoisotopic (exact) mass is 1950 g/mol. The van der Waals surface area contributed by atoms with Crippen molar-refractivity contribution in [1.82, 2.24) is 0 Å². The highest BCUT2D eigenvalue weighted by molar-refractivity contribution is 9.10. The molecule has 0 aromatic heterocycles. The van der Waals surface area contributed by atoms with Crippen LogP contribution >= 0.6 is 31.9 Å². The molecule has 0 amide bonds. The van der Waals surface area contributed by atoms with Gasteiger partial charge in [-0.3, -0.25) is 0 Å². The number of allylic oxidation sites excluding steroid dienone is 4. The lowest BCUT2D eigenvalue weighted by Crippen LogP contribution is -2.27. The van der Waals surface area contributed by atoms with E-state index in [4.69, 9.17) is 0 Å². The number of rotatable bonds is 8. The zero-order valence-corrected chi connectivity index (χ0v) is 86.4. The molecule has 0 radical (unpaired) electrons. The van der Waals surface area contributed by atoms with Crippen molar-refractivity contribution in [1.29, 1.82) is 0 Å². The van der Waals surface area contributed by atoms with Gasteiger partial charge >= 0.3 is 0 Å². The Kier molecular flexibility index (Phi) is 22.9. The van der Waals surface area contributed by atoms with E-state index in [1.165, 1.54) is 177 Å². The molecule has 18 aromatic carbocycles. The smallest absolute Gasteiger partial charge is 0.0727 e. The fourth-order valence-corrected chi connectivity index (χ4v) is 24.1. The molecule has 24 rings (SSSR count). The lowest BCUT2D eigenvalue weighted by atomic mass is 9.66. The van der Waals surface area contributed by atoms with E-state index in [0.29, 0.717) is 0 Å². The first-order valence-electron chi connectivity index (χ1n) is 49.6. The molecule has 0 aliphatic heterocycles. The minimum absolute atomic E-state index is 0. The molecule has 2 unspecified atom stereocenters. The summed E-state index contributed by atoms with van der Waals surface area (Å²) >= 11 is 7.65. The van der Waals surface area contributed by atoms with Gasteiger partial charge in [0.25, 0.3) is 0 Å². The lowest BCUT2D eigenvalue weighted by Gasteiger charge is -2.36. The van der Waals surface area contributed by atoms with Crippen LogP contribution in [0, 0.1) is 0 Å². The average molecular weight is 1950 g/mol. The van der Waals surface area contributed by atoms with E-state index >= 15 is 0 Å². The largest absolute Gasteiger partial charge is 0.356 e. The van der Waals surface area contributed by atoms with Crippen molar-refractivity contribution in [3.05, 3.63) is 486 Å². The van der Waals surface area contributed by atoms with Gasteiger partial charge in [0.2, 0.25) is 0 Å². The summed E-state index contributed by atoms with van der Waals surface area (Å²) in [7, 11) is 0. The van der Waals surface area contributed by atoms with Crippen LogP contribution in [0.3, 0.4) is 0 Å². The molecule has 0 fully saturated rings. The molecule has 2 atom stereocenters. The molecule has 6 aliphatic rings. The van der Waals surface area contributed by atoms with Gasteiger partial charge in [0, 0.05) is 66.3 Å². The Bertz CT molecular complexity index is 7610. The van der Waals surface area contributed by atoms with E-state index < -0.39 is 5.41 Å². The first kappa shape index (κ1) is 92.9. The van der Waals surface area contributed by atoms with Crippen LogP contribution in [0.1, 0.15) is 233 Å². The van der Waals surface area contributed by atoms with Crippen molar-refractivity contribution in [3.8, 4) is 55.6 Å². The average Bonchev–Trinajstić information content (AvgIpc) is 1.50. The maximum Gasteiger partial charge on any atom is 0.0727 e. The number of anilines is 8. The minimum Gasteiger partial charge on any atom is -0.356 e. The molecule has 5 heteroatoms. The molecule has 1 N–H and O–H groups in total. The zero-order chi connectivity index (χ0) is 96.5. The Morgan fingerprint density at radius 2 is 0.486 bits per heavy atom. The molecule has 3 nitrogen and oxygen atoms in total. The molecule has 0 heterocycles. The molecule has 0 saturated heterocycles. The van der Waals surface area contributed by atoms with Gasteiger partial charge in [0.05, 0.1) is 10.8 Å². The number of halogens is 2. The van der Waals surface area contributed by atoms with Crippen molar-refractivity contribution in [2.45, 2.75) is 187 Å². The van der Waals surface area contributed by atoms with Crippen LogP contribution in [0.25, 0.3) is 88.0 Å². The predicted molar refractivity (Wildman–Crippen MR) is 607 cm³/mol. The Morgan fingerprint density at radius 3 is 0.857 bits per heavy atom. The lowest BCUT2D eigenvalue weighted by molar-refractivity contribution is 0.590. The van der Waals surface area contributed by atoms with Gasteiger partial charge < -0.3 is 15.1 Å². The number of fused-ring (bicyclic) bond motifs is 32. The van der Waals surface area contributed by atoms with E-state index in [1.54, 1.807) is 0 Å². The number of benzene rings is 18. The highest BCUT2D eigenvalue weighted by Crippen LogP contribution is 2.68. The SMILES string of the molecule is Brc1ccc2c(c1)C1(c3ccccc3-c3cc4c5ccccc5c5ccccc5c4cc31)c1cc(Br)ccc1-2.C.CC(C)(C)c1ccc(N(c2ccc(C(C)(C)C)cc2)c2ccc3c(c2)C2(c4ccccc4-c4cc5c(cc42)-c2ccccc2C2C=CC=CC52)c2cc(N(c4ccc(C(C)(C)C)cc4)c4ccc(C(C)(C)C)cc4)ccc2-3)cc1.CC(C)(C)c1ccc(Nc2ccc(C(C)(C)C)cc2)cc1. The molecule has 18 aromatic rings. The summed E-state index contributed by atoms with van der Waals surface area (Å²) in [6.07, 6.45) is 9.35. The van der Waals surface area contributed by atoms with E-state index in [9.17, 15) is 0 Å². The van der Waals surface area contributed by atoms with Gasteiger partial charge in [0.1, 0.15) is 0 Å². The van der Waals surface area contributed by atoms with Gasteiger partial charge in [-0.15, -0.1) is 0 Å². The number of hydrogen-bond acceptors (Lipinski definition) is 3. The molecule has 2 spiro atoms. The highest BCUT2D eigenvalue weighted by atomic mass is 79.9. The molecular weight excluding hydrogens is 1820 g/mol. The third-order valence-corrected chi connectivity index (χ3v) is 31.7. The quantitative estimate of drug-likeness (QED) is 0.153. The minimum atomic E-state index is -0.665. The van der Waals surface area contributed by atoms with E-state index in [1.807, 2.05) is 0 Å². The van der Waals surface area contributed by atoms with Gasteiger partial charge in [0.15, 0.2) is 0 Å². The zero-order valence-electron chi connectivity index (χ0n) is 83.3. The molecular formula is C135H125Br2N3. The fourth-order valence-electron chi connectivity index (χ4n) is 23.4. The summed E-state index contributed by atoms with van der Waals surface area (Å²) in [4.78, 5) is 4.97. The van der Waals surface area contributed by atoms with Crippen molar-refractivity contribution < 1.29 is 0 Å². The highest BCUT2D eigenvalue weighted by Gasteiger charge is 2.55. The topological polar surface area (TPSA) is 18.5 Å². The van der Waals surface area contributed by atoms with Crippen molar-refractivity contribution >= 4 is 110 Å². The van der Waals surface area contributed by atoms with Gasteiger partial charge in [-0.05, 0) is 355 Å². The Morgan fingerprint density at radius 1 is 0.214 bits per heavy atom. The fraction of sp³-hybridized carbons (Fsp3) is 0.215. The van der Waals surface area contributed by atoms with Crippen molar-refractivity contribution in [3.63, 3.8) is 0 Å². The summed E-state index contributed by atoms with van der Waals surface area (Å²) in [5, 5.41) is 11.3. The maximum atomic E-state index is 3.82. The van der Waals surface area contributed by atoms with Crippen LogP contribution in [0.2, 0.25) is 0 Å². The second-order valence-corrected chi connectivity index (χ2v) is 47.3. The third kappa shape index (κ3) is 15.7. The second kappa shape index (κ2) is 34.5. The van der Waals surface area contributed by atoms with Crippen LogP contribution in [-0.2, 0) is 43.3 Å². The molecule has 6 aliphatic carbocycles. The third-order valence-electron chi connectivity index (χ3n) is 30.7. The van der Waals surface area contributed by atoms with Gasteiger partial charge in [-0.1, -0.05) is 407 Å². The first-order chi connectivity index (χ1) is 66.5. The van der Waals surface area contributed by atoms with Crippen molar-refractivity contribution in [2.24, 2.45) is 0 Å². The summed E-state index contributed by atoms with van der Waals surface area (Å²) in [5.74, 6) is 0.535. The van der Waals surface area contributed by atoms with Crippen LogP contribution in [0.4, 0.5) is 45.5 Å². The van der Waals surface area contributed by atoms with Crippen LogP contribution in [0.15, 0.2) is 397 Å². The van der Waals surface area contributed by atoms with Crippen molar-refractivity contribution in [2.75, 3.05) is 15.1 Å². The Labute approximate surface area is 847 Å². The Balaban J connectivity index is 0.000000156. The number of nitrogens with one attached hydrogen (secondary N) is 1. The van der Waals surface area contributed by atoms with Gasteiger partial charge in [-0.25, -0.2) is 0 Å². The van der Waals surface area contributed by atoms with Crippen LogP contribution in [0.5, 0.6) is 0 Å². The van der Waals surface area contributed by atoms with Gasteiger partial charge in [-0.2, -0.15) is 0 Å². The predicted octanol–water partition coefficient (Wildman–Crippen LogP) is 38.8. The maximum absolute atomic E-state index is 3.82. The standard InChI is InChI=1S/C77H74N2.C37H20Br2.C20H27N.CH4/c1-73(2,3)49-25-33-53(34-26-49)78(54-35-27-50(28-36-54)74(4,5)6)57-41-43-64-65-44-42-58(79(55-37-29-51(30-38-55)75(7,8)9)56-39-31-52(32-40-56)76(10,11)12)46-71(65)77(70(64)45-57)69-24-18-17-23-63(69)68-47-66-61-21-15-13-19-59(61)60-20-14-16-22-62(60)67(66)48-72(68)77;38-21-13-15-28-29-16-14-22(39)18-35(29)37(34(28)17-21)33-12-6-5-11-27(33)32-19-30-25-9-3-1-7-23(25)24-8-2-4-10-26(24)31(30)20-36(32)37;1-19(2,3)15-7-11-17(12-8-15)21-18-13-9-16(10-14-18)20(4,5)6;/h13-48,59,61H,1-12H3;1-20H;7-14,21H,1-6H3;1H4. The number of nitrogens with zero attached hydrogens (tertiary/aromatic N) is 2. The molecule has 140 heavy (non-hydrogen) atoms.